The van der Waals surface area contributed by atoms with Crippen LogP contribution in [0.1, 0.15) is 76.1 Å². The maximum Gasteiger partial charge on any atom is 0.407 e. The molecule has 2 rings (SSSR count). The predicted molar refractivity (Wildman–Crippen MR) is 134 cm³/mol. The number of hydrogen-bond donors (Lipinski definition) is 3. The molecule has 10 heteroatoms. The molecule has 0 unspecified atom stereocenters. The summed E-state index contributed by atoms with van der Waals surface area (Å²) in [5.41, 5.74) is 8.13. The minimum absolute atomic E-state index is 0.161. The number of amides is 1. The molecule has 1 aromatic carbocycles. The van der Waals surface area contributed by atoms with Crippen LogP contribution in [-0.2, 0) is 21.2 Å². The van der Waals surface area contributed by atoms with Crippen LogP contribution in [0, 0.1) is 20.8 Å². The Labute approximate surface area is 203 Å². The van der Waals surface area contributed by atoms with Crippen molar-refractivity contribution in [2.24, 2.45) is 10.7 Å². The number of alkyl carbamates (subject to hydrolysis) is 1. The van der Waals surface area contributed by atoms with Crippen LogP contribution in [0.25, 0.3) is 0 Å². The van der Waals surface area contributed by atoms with E-state index in [4.69, 9.17) is 15.2 Å². The van der Waals surface area contributed by atoms with Crippen LogP contribution in [0.5, 0.6) is 5.75 Å². The van der Waals surface area contributed by atoms with Gasteiger partial charge in [-0.1, -0.05) is 0 Å². The second-order valence-electron chi connectivity index (χ2n) is 10.4. The lowest BCUT2D eigenvalue weighted by molar-refractivity contribution is 0.0527. The highest BCUT2D eigenvalue weighted by atomic mass is 32.2. The number of nitrogens with one attached hydrogen (secondary N) is 2. The molecule has 34 heavy (non-hydrogen) atoms. The second-order valence-corrected chi connectivity index (χ2v) is 12.0. The maximum absolute atomic E-state index is 13.2. The highest BCUT2D eigenvalue weighted by Crippen LogP contribution is 2.42. The van der Waals surface area contributed by atoms with E-state index in [-0.39, 0.29) is 16.5 Å². The van der Waals surface area contributed by atoms with E-state index < -0.39 is 21.7 Å². The SMILES string of the molecule is Cc1c(C)c(S(=O)(=O)NC(N)=NCCCCNC(=O)OC(C)(C)C)c(C)c2c1OC(C)(C)CC2. The summed E-state index contributed by atoms with van der Waals surface area (Å²) in [6, 6.07) is 0. The van der Waals surface area contributed by atoms with Crippen molar-refractivity contribution in [3.8, 4) is 5.75 Å². The van der Waals surface area contributed by atoms with Gasteiger partial charge in [0, 0.05) is 13.1 Å². The maximum atomic E-state index is 13.2. The smallest absolute Gasteiger partial charge is 0.407 e. The third-order valence-electron chi connectivity index (χ3n) is 5.71. The van der Waals surface area contributed by atoms with Crippen molar-refractivity contribution in [3.63, 3.8) is 0 Å². The average Bonchev–Trinajstić information content (AvgIpc) is 2.66. The highest BCUT2D eigenvalue weighted by Gasteiger charge is 2.33. The molecule has 0 bridgehead atoms. The monoisotopic (exact) mass is 496 g/mol. The number of unbranched alkanes of at least 4 members (excludes halogenated alkanes) is 1. The normalized spacial score (nSPS) is 15.8. The van der Waals surface area contributed by atoms with Crippen molar-refractivity contribution >= 4 is 22.1 Å². The van der Waals surface area contributed by atoms with Gasteiger partial charge in [0.15, 0.2) is 0 Å². The zero-order chi connectivity index (χ0) is 25.9. The summed E-state index contributed by atoms with van der Waals surface area (Å²) in [6.07, 6.45) is 2.37. The minimum atomic E-state index is -3.92. The van der Waals surface area contributed by atoms with Crippen LogP contribution < -0.4 is 20.5 Å². The van der Waals surface area contributed by atoms with Crippen LogP contribution in [0.4, 0.5) is 4.79 Å². The van der Waals surface area contributed by atoms with Crippen LogP contribution in [-0.4, -0.2) is 44.8 Å². The molecule has 1 aromatic rings. The molecule has 0 spiro atoms. The van der Waals surface area contributed by atoms with Crippen molar-refractivity contribution in [1.82, 2.24) is 10.0 Å². The Bertz CT molecular complexity index is 1060. The van der Waals surface area contributed by atoms with Gasteiger partial charge in [0.2, 0.25) is 5.96 Å². The van der Waals surface area contributed by atoms with Gasteiger partial charge < -0.3 is 20.5 Å². The van der Waals surface area contributed by atoms with Gasteiger partial charge in [0.25, 0.3) is 10.0 Å². The largest absolute Gasteiger partial charge is 0.487 e. The van der Waals surface area contributed by atoms with Crippen LogP contribution in [0.2, 0.25) is 0 Å². The number of carbonyl (C=O) groups is 1. The third-order valence-corrected chi connectivity index (χ3v) is 7.34. The van der Waals surface area contributed by atoms with Gasteiger partial charge in [0.1, 0.15) is 17.0 Å². The van der Waals surface area contributed by atoms with Crippen molar-refractivity contribution in [2.45, 2.75) is 97.2 Å². The van der Waals surface area contributed by atoms with Gasteiger partial charge >= 0.3 is 6.09 Å². The Morgan fingerprint density at radius 2 is 1.79 bits per heavy atom. The van der Waals surface area contributed by atoms with E-state index in [0.29, 0.717) is 37.1 Å². The summed E-state index contributed by atoms with van der Waals surface area (Å²) in [5, 5.41) is 2.67. The zero-order valence-electron chi connectivity index (χ0n) is 21.7. The van der Waals surface area contributed by atoms with Gasteiger partial charge in [-0.3, -0.25) is 4.99 Å². The molecular weight excluding hydrogens is 456 g/mol. The fourth-order valence-corrected chi connectivity index (χ4v) is 5.44. The van der Waals surface area contributed by atoms with Crippen molar-refractivity contribution in [3.05, 3.63) is 22.3 Å². The van der Waals surface area contributed by atoms with Gasteiger partial charge in [-0.05, 0) is 103 Å². The van der Waals surface area contributed by atoms with E-state index in [2.05, 4.69) is 15.0 Å². The van der Waals surface area contributed by atoms with E-state index in [1.165, 1.54) is 0 Å². The molecular formula is C24H40N4O5S. The van der Waals surface area contributed by atoms with E-state index in [0.717, 1.165) is 29.7 Å². The van der Waals surface area contributed by atoms with Crippen molar-refractivity contribution in [2.75, 3.05) is 13.1 Å². The number of hydrogen-bond acceptors (Lipinski definition) is 6. The summed E-state index contributed by atoms with van der Waals surface area (Å²) < 4.78 is 40.2. The molecule has 0 saturated carbocycles. The number of fused-ring (bicyclic) bond motifs is 1. The van der Waals surface area contributed by atoms with Crippen LogP contribution >= 0.6 is 0 Å². The summed E-state index contributed by atoms with van der Waals surface area (Å²) in [7, 11) is -3.92. The molecule has 0 saturated heterocycles. The Morgan fingerprint density at radius 3 is 2.41 bits per heavy atom. The number of nitrogens with zero attached hydrogens (tertiary/aromatic N) is 1. The molecule has 4 N–H and O–H groups in total. The molecule has 0 aromatic heterocycles. The number of rotatable bonds is 7. The fraction of sp³-hybridized carbons (Fsp3) is 0.667. The van der Waals surface area contributed by atoms with Crippen molar-refractivity contribution < 1.29 is 22.7 Å². The highest BCUT2D eigenvalue weighted by molar-refractivity contribution is 7.90. The first-order valence-corrected chi connectivity index (χ1v) is 13.1. The number of guanidine groups is 1. The Hall–Kier alpha value is -2.49. The number of ether oxygens (including phenoxy) is 2. The van der Waals surface area contributed by atoms with Gasteiger partial charge in [-0.25, -0.2) is 17.9 Å². The molecule has 192 valence electrons. The molecule has 1 aliphatic rings. The van der Waals surface area contributed by atoms with Gasteiger partial charge in [0.05, 0.1) is 4.90 Å². The Kier molecular flexibility index (Phi) is 8.50. The third kappa shape index (κ3) is 7.25. The standard InChI is InChI=1S/C24H40N4O5S/c1-15-16(2)20(17(3)18-11-12-24(7,8)32-19(15)18)34(30,31)28-21(25)26-13-9-10-14-27-22(29)33-23(4,5)6/h9-14H2,1-8H3,(H,27,29)(H3,25,26,28). The number of benzene rings is 1. The lowest BCUT2D eigenvalue weighted by Crippen LogP contribution is -2.38. The molecule has 1 aliphatic heterocycles. The summed E-state index contributed by atoms with van der Waals surface area (Å²) >= 11 is 0. The average molecular weight is 497 g/mol. The molecule has 1 heterocycles. The fourth-order valence-electron chi connectivity index (χ4n) is 3.91. The summed E-state index contributed by atoms with van der Waals surface area (Å²) in [5.74, 6) is 0.624. The van der Waals surface area contributed by atoms with E-state index in [9.17, 15) is 13.2 Å². The first-order valence-electron chi connectivity index (χ1n) is 11.7. The second kappa shape index (κ2) is 10.4. The van der Waals surface area contributed by atoms with E-state index in [1.807, 2.05) is 27.7 Å². The zero-order valence-corrected chi connectivity index (χ0v) is 22.5. The molecule has 1 amide bonds. The molecule has 0 atom stereocenters. The first kappa shape index (κ1) is 27.8. The predicted octanol–water partition coefficient (Wildman–Crippen LogP) is 3.61. The van der Waals surface area contributed by atoms with Crippen molar-refractivity contribution in [1.29, 1.82) is 0 Å². The first-order chi connectivity index (χ1) is 15.5. The molecule has 9 nitrogen and oxygen atoms in total. The molecule has 0 fully saturated rings. The van der Waals surface area contributed by atoms with Crippen LogP contribution in [0.3, 0.4) is 0 Å². The van der Waals surface area contributed by atoms with E-state index in [1.54, 1.807) is 27.7 Å². The minimum Gasteiger partial charge on any atom is -0.487 e. The number of aliphatic imine (C=N–C) groups is 1. The number of nitrogens with two attached hydrogens (primary N) is 1. The summed E-state index contributed by atoms with van der Waals surface area (Å²) in [6.45, 7) is 15.7. The lowest BCUT2D eigenvalue weighted by Gasteiger charge is -2.35. The Morgan fingerprint density at radius 1 is 1.15 bits per heavy atom. The van der Waals surface area contributed by atoms with Crippen LogP contribution in [0.15, 0.2) is 9.89 Å². The molecule has 0 radical (unpaired) electrons. The summed E-state index contributed by atoms with van der Waals surface area (Å²) in [4.78, 5) is 16.0. The topological polar surface area (TPSA) is 132 Å². The van der Waals surface area contributed by atoms with Gasteiger partial charge in [-0.2, -0.15) is 0 Å². The quantitative estimate of drug-likeness (QED) is 0.300. The Balaban J connectivity index is 2.01. The van der Waals surface area contributed by atoms with E-state index >= 15 is 0 Å². The number of carbonyl (C=O) groups excluding carboxylic acids is 1. The molecule has 0 aliphatic carbocycles. The lowest BCUT2D eigenvalue weighted by atomic mass is 9.88. The van der Waals surface area contributed by atoms with Gasteiger partial charge in [-0.15, -0.1) is 0 Å². The number of sulfonamides is 1.